The second kappa shape index (κ2) is 4.85. The highest BCUT2D eigenvalue weighted by Gasteiger charge is 2.33. The molecule has 0 unspecified atom stereocenters. The van der Waals surface area contributed by atoms with E-state index in [1.165, 1.54) is 7.11 Å². The zero-order valence-corrected chi connectivity index (χ0v) is 10.00. The van der Waals surface area contributed by atoms with Gasteiger partial charge in [0.05, 0.1) is 16.9 Å². The minimum atomic E-state index is -4.83. The largest absolute Gasteiger partial charge is 0.573 e. The summed E-state index contributed by atoms with van der Waals surface area (Å²) in [6, 6.07) is 0. The quantitative estimate of drug-likeness (QED) is 0.623. The van der Waals surface area contributed by atoms with E-state index in [1.54, 1.807) is 22.6 Å². The molecule has 88 valence electrons. The molecule has 0 aliphatic rings. The molecule has 0 aliphatic heterocycles. The molecule has 1 heterocycles. The maximum Gasteiger partial charge on any atom is 0.573 e. The lowest BCUT2D eigenvalue weighted by Gasteiger charge is -2.13. The van der Waals surface area contributed by atoms with Crippen LogP contribution >= 0.6 is 22.6 Å². The van der Waals surface area contributed by atoms with Crippen LogP contribution in [0.1, 0.15) is 10.5 Å². The topological polar surface area (TPSA) is 48.4 Å². The van der Waals surface area contributed by atoms with E-state index < -0.39 is 12.1 Å². The molecular formula is C8H5F3INO3. The van der Waals surface area contributed by atoms with Crippen LogP contribution in [-0.2, 0) is 0 Å². The third-order valence-corrected chi connectivity index (χ3v) is 2.55. The van der Waals surface area contributed by atoms with Crippen molar-refractivity contribution < 1.29 is 27.4 Å². The lowest BCUT2D eigenvalue weighted by molar-refractivity contribution is -0.275. The molecule has 0 aromatic carbocycles. The van der Waals surface area contributed by atoms with Crippen molar-refractivity contribution in [3.63, 3.8) is 0 Å². The summed E-state index contributed by atoms with van der Waals surface area (Å²) in [6.45, 7) is 0. The van der Waals surface area contributed by atoms with Gasteiger partial charge >= 0.3 is 6.36 Å². The van der Waals surface area contributed by atoms with Crippen molar-refractivity contribution in [1.29, 1.82) is 0 Å². The Balaban J connectivity index is 3.21. The van der Waals surface area contributed by atoms with E-state index in [4.69, 9.17) is 4.74 Å². The van der Waals surface area contributed by atoms with Crippen LogP contribution in [-0.4, -0.2) is 24.7 Å². The van der Waals surface area contributed by atoms with Crippen LogP contribution in [0.3, 0.4) is 0 Å². The molecule has 0 spiro atoms. The lowest BCUT2D eigenvalue weighted by Crippen LogP contribution is -2.18. The van der Waals surface area contributed by atoms with Crippen molar-refractivity contribution in [1.82, 2.24) is 4.98 Å². The average Bonchev–Trinajstić information content (AvgIpc) is 2.16. The van der Waals surface area contributed by atoms with Gasteiger partial charge in [-0.1, -0.05) is 0 Å². The number of aldehydes is 1. The van der Waals surface area contributed by atoms with Crippen molar-refractivity contribution in [3.8, 4) is 11.5 Å². The van der Waals surface area contributed by atoms with E-state index in [1.807, 2.05) is 0 Å². The summed E-state index contributed by atoms with van der Waals surface area (Å²) in [6.07, 6.45) is -3.62. The van der Waals surface area contributed by atoms with E-state index in [9.17, 15) is 18.0 Å². The Bertz CT molecular complexity index is 408. The summed E-state index contributed by atoms with van der Waals surface area (Å²) in [5.74, 6) is -0.750. The van der Waals surface area contributed by atoms with Gasteiger partial charge in [-0.05, 0) is 22.6 Å². The van der Waals surface area contributed by atoms with Crippen LogP contribution in [0.4, 0.5) is 13.2 Å². The van der Waals surface area contributed by atoms with Gasteiger partial charge in [0.25, 0.3) is 0 Å². The summed E-state index contributed by atoms with van der Waals surface area (Å²) in [7, 11) is 1.18. The Morgan fingerprint density at radius 1 is 1.50 bits per heavy atom. The number of methoxy groups -OCH3 is 1. The summed E-state index contributed by atoms with van der Waals surface area (Å²) in [4.78, 5) is 14.0. The Morgan fingerprint density at radius 2 is 2.12 bits per heavy atom. The normalized spacial score (nSPS) is 11.1. The molecule has 8 heteroatoms. The first-order valence-electron chi connectivity index (χ1n) is 3.82. The number of hydrogen-bond donors (Lipinski definition) is 0. The third kappa shape index (κ3) is 2.97. The SMILES string of the molecule is COc1c(OC(F)(F)F)cnc(C=O)c1I. The molecule has 4 nitrogen and oxygen atoms in total. The number of ether oxygens (including phenoxy) is 2. The number of carbonyl (C=O) groups is 1. The van der Waals surface area contributed by atoms with Gasteiger partial charge in [0.2, 0.25) is 0 Å². The van der Waals surface area contributed by atoms with Crippen molar-refractivity contribution >= 4 is 28.9 Å². The van der Waals surface area contributed by atoms with Gasteiger partial charge in [0, 0.05) is 0 Å². The first-order chi connectivity index (χ1) is 7.39. The van der Waals surface area contributed by atoms with Gasteiger partial charge in [-0.15, -0.1) is 13.2 Å². The fourth-order valence-electron chi connectivity index (χ4n) is 0.938. The van der Waals surface area contributed by atoms with Crippen LogP contribution in [0.25, 0.3) is 0 Å². The molecule has 0 atom stereocenters. The second-order valence-corrected chi connectivity index (χ2v) is 3.60. The average molecular weight is 347 g/mol. The fourth-order valence-corrected chi connectivity index (χ4v) is 1.69. The molecule has 0 fully saturated rings. The van der Waals surface area contributed by atoms with Gasteiger partial charge in [-0.2, -0.15) is 0 Å². The van der Waals surface area contributed by atoms with E-state index >= 15 is 0 Å². The summed E-state index contributed by atoms with van der Waals surface area (Å²) >= 11 is 1.65. The predicted molar refractivity (Wildman–Crippen MR) is 55.6 cm³/mol. The maximum absolute atomic E-state index is 12.0. The monoisotopic (exact) mass is 347 g/mol. The van der Waals surface area contributed by atoms with Crippen molar-refractivity contribution in [2.24, 2.45) is 0 Å². The number of nitrogens with zero attached hydrogens (tertiary/aromatic N) is 1. The van der Waals surface area contributed by atoms with Crippen LogP contribution in [0.2, 0.25) is 0 Å². The van der Waals surface area contributed by atoms with E-state index in [0.717, 1.165) is 6.20 Å². The number of halogens is 4. The Kier molecular flexibility index (Phi) is 3.94. The van der Waals surface area contributed by atoms with Crippen molar-refractivity contribution in [3.05, 3.63) is 15.5 Å². The Labute approximate surface area is 102 Å². The number of pyridine rings is 1. The summed E-state index contributed by atoms with van der Waals surface area (Å²) in [5.41, 5.74) is -0.00743. The highest BCUT2D eigenvalue weighted by atomic mass is 127. The molecule has 0 saturated carbocycles. The molecule has 0 N–H and O–H groups in total. The minimum Gasteiger partial charge on any atom is -0.492 e. The van der Waals surface area contributed by atoms with Crippen LogP contribution in [0, 0.1) is 3.57 Å². The molecule has 0 aliphatic carbocycles. The second-order valence-electron chi connectivity index (χ2n) is 2.52. The Morgan fingerprint density at radius 3 is 2.56 bits per heavy atom. The molecular weight excluding hydrogens is 342 g/mol. The first-order valence-corrected chi connectivity index (χ1v) is 4.90. The van der Waals surface area contributed by atoms with Gasteiger partial charge in [0.1, 0.15) is 5.69 Å². The van der Waals surface area contributed by atoms with E-state index in [2.05, 4.69) is 9.72 Å². The van der Waals surface area contributed by atoms with Gasteiger partial charge in [0.15, 0.2) is 17.8 Å². The molecule has 0 bridgehead atoms. The van der Waals surface area contributed by atoms with Gasteiger partial charge in [-0.3, -0.25) is 4.79 Å². The highest BCUT2D eigenvalue weighted by molar-refractivity contribution is 14.1. The van der Waals surface area contributed by atoms with E-state index in [0.29, 0.717) is 6.29 Å². The van der Waals surface area contributed by atoms with E-state index in [-0.39, 0.29) is 15.0 Å². The first kappa shape index (κ1) is 13.0. The van der Waals surface area contributed by atoms with Gasteiger partial charge in [-0.25, -0.2) is 4.98 Å². The van der Waals surface area contributed by atoms with Crippen LogP contribution < -0.4 is 9.47 Å². The number of hydrogen-bond acceptors (Lipinski definition) is 4. The summed E-state index contributed by atoms with van der Waals surface area (Å²) < 4.78 is 44.6. The number of aromatic nitrogens is 1. The fraction of sp³-hybridized carbons (Fsp3) is 0.250. The number of carbonyl (C=O) groups excluding carboxylic acids is 1. The standard InChI is InChI=1S/C8H5F3INO3/c1-15-7-5(16-8(9,10)11)2-13-4(3-14)6(7)12/h2-3H,1H3. The highest BCUT2D eigenvalue weighted by Crippen LogP contribution is 2.35. The molecule has 0 radical (unpaired) electrons. The maximum atomic E-state index is 12.0. The lowest BCUT2D eigenvalue weighted by atomic mass is 10.3. The van der Waals surface area contributed by atoms with Crippen LogP contribution in [0.5, 0.6) is 11.5 Å². The molecule has 1 aromatic rings. The number of alkyl halides is 3. The third-order valence-electron chi connectivity index (χ3n) is 1.51. The molecule has 0 amide bonds. The summed E-state index contributed by atoms with van der Waals surface area (Å²) in [5, 5.41) is 0. The zero-order valence-electron chi connectivity index (χ0n) is 7.84. The minimum absolute atomic E-state index is 0.00743. The zero-order chi connectivity index (χ0) is 12.3. The van der Waals surface area contributed by atoms with Crippen LogP contribution in [0.15, 0.2) is 6.20 Å². The van der Waals surface area contributed by atoms with Crippen molar-refractivity contribution in [2.45, 2.75) is 6.36 Å². The van der Waals surface area contributed by atoms with Crippen molar-refractivity contribution in [2.75, 3.05) is 7.11 Å². The molecule has 16 heavy (non-hydrogen) atoms. The predicted octanol–water partition coefficient (Wildman–Crippen LogP) is 2.41. The van der Waals surface area contributed by atoms with Gasteiger partial charge < -0.3 is 9.47 Å². The molecule has 0 saturated heterocycles. The molecule has 1 rings (SSSR count). The number of rotatable bonds is 3. The smallest absolute Gasteiger partial charge is 0.492 e. The Hall–Kier alpha value is -1.06. The molecule has 1 aromatic heterocycles.